The molecule has 27 heavy (non-hydrogen) atoms. The second-order valence-corrected chi connectivity index (χ2v) is 8.26. The molecule has 0 aromatic heterocycles. The van der Waals surface area contributed by atoms with E-state index in [0.717, 1.165) is 57.2 Å². The monoisotopic (exact) mass is 370 g/mol. The summed E-state index contributed by atoms with van der Waals surface area (Å²) in [4.78, 5) is 28.0. The summed E-state index contributed by atoms with van der Waals surface area (Å²) in [5.41, 5.74) is 0.318. The second kappa shape index (κ2) is 7.89. The number of hydrogen-bond acceptors (Lipinski definition) is 3. The Hall–Kier alpha value is -2.08. The molecule has 2 heterocycles. The van der Waals surface area contributed by atoms with E-state index in [-0.39, 0.29) is 11.9 Å². The summed E-state index contributed by atoms with van der Waals surface area (Å²) in [5, 5.41) is 9.60. The molecule has 2 aliphatic heterocycles. The zero-order valence-corrected chi connectivity index (χ0v) is 15.9. The third-order valence-electron chi connectivity index (χ3n) is 6.33. The Balaban J connectivity index is 1.39. The van der Waals surface area contributed by atoms with Crippen LogP contribution in [0.15, 0.2) is 30.3 Å². The number of likely N-dealkylation sites (tertiary alicyclic amines) is 1. The summed E-state index contributed by atoms with van der Waals surface area (Å²) in [6.07, 6.45) is 6.83. The van der Waals surface area contributed by atoms with Crippen molar-refractivity contribution in [3.63, 3.8) is 0 Å². The molecular weight excluding hydrogens is 340 g/mol. The Morgan fingerprint density at radius 1 is 1.07 bits per heavy atom. The molecule has 1 aliphatic carbocycles. The molecule has 4 rings (SSSR count). The molecule has 2 unspecified atom stereocenters. The van der Waals surface area contributed by atoms with E-state index in [9.17, 15) is 9.59 Å². The molecule has 146 valence electrons. The van der Waals surface area contributed by atoms with Gasteiger partial charge in [-0.05, 0) is 37.7 Å². The highest BCUT2D eigenvalue weighted by atomic mass is 16.2. The van der Waals surface area contributed by atoms with Crippen LogP contribution in [0.4, 0.5) is 4.79 Å². The lowest BCUT2D eigenvalue weighted by Crippen LogP contribution is -2.60. The van der Waals surface area contributed by atoms with Crippen LogP contribution in [0.5, 0.6) is 0 Å². The summed E-state index contributed by atoms with van der Waals surface area (Å²) < 4.78 is 0. The summed E-state index contributed by atoms with van der Waals surface area (Å²) in [7, 11) is 0. The van der Waals surface area contributed by atoms with Gasteiger partial charge in [0.25, 0.3) is 0 Å². The van der Waals surface area contributed by atoms with Crippen LogP contribution in [0.2, 0.25) is 0 Å². The van der Waals surface area contributed by atoms with E-state index in [2.05, 4.69) is 16.0 Å². The van der Waals surface area contributed by atoms with Gasteiger partial charge in [-0.25, -0.2) is 4.79 Å². The first-order chi connectivity index (χ1) is 13.1. The first-order valence-corrected chi connectivity index (χ1v) is 10.3. The van der Waals surface area contributed by atoms with E-state index < -0.39 is 5.54 Å². The molecule has 3 amide bonds. The number of carbonyl (C=O) groups excluding carboxylic acids is 2. The van der Waals surface area contributed by atoms with E-state index in [0.29, 0.717) is 18.6 Å². The molecule has 1 aromatic carbocycles. The van der Waals surface area contributed by atoms with Crippen LogP contribution in [0.1, 0.15) is 50.5 Å². The van der Waals surface area contributed by atoms with Gasteiger partial charge in [-0.2, -0.15) is 0 Å². The molecule has 2 saturated heterocycles. The standard InChI is InChI=1S/C21H30N4O2/c26-19(25-13-10-17-8-9-18(15-25)23-17)21(11-4-5-12-21)24-20(27)22-14-16-6-2-1-3-7-16/h1-3,6-7,17-18,23H,4-5,8-15H2,(H2,22,24,27). The van der Waals surface area contributed by atoms with Crippen molar-refractivity contribution >= 4 is 11.9 Å². The van der Waals surface area contributed by atoms with E-state index in [1.54, 1.807) is 0 Å². The normalized spacial score (nSPS) is 26.4. The highest BCUT2D eigenvalue weighted by Crippen LogP contribution is 2.33. The molecule has 3 aliphatic rings. The van der Waals surface area contributed by atoms with Gasteiger partial charge in [0, 0.05) is 31.7 Å². The Morgan fingerprint density at radius 2 is 1.81 bits per heavy atom. The third kappa shape index (κ3) is 4.10. The Kier molecular flexibility index (Phi) is 5.34. The minimum Gasteiger partial charge on any atom is -0.339 e. The molecule has 3 fully saturated rings. The van der Waals surface area contributed by atoms with Crippen LogP contribution in [0.25, 0.3) is 0 Å². The predicted octanol–water partition coefficient (Wildman–Crippen LogP) is 2.15. The molecule has 0 radical (unpaired) electrons. The van der Waals surface area contributed by atoms with Gasteiger partial charge in [-0.1, -0.05) is 43.2 Å². The minimum absolute atomic E-state index is 0.115. The quantitative estimate of drug-likeness (QED) is 0.760. The van der Waals surface area contributed by atoms with Crippen LogP contribution in [-0.2, 0) is 11.3 Å². The first-order valence-electron chi connectivity index (χ1n) is 10.3. The van der Waals surface area contributed by atoms with Crippen molar-refractivity contribution in [2.24, 2.45) is 0 Å². The number of nitrogens with zero attached hydrogens (tertiary/aromatic N) is 1. The van der Waals surface area contributed by atoms with Gasteiger partial charge >= 0.3 is 6.03 Å². The number of fused-ring (bicyclic) bond motifs is 2. The largest absolute Gasteiger partial charge is 0.339 e. The zero-order valence-electron chi connectivity index (χ0n) is 15.9. The number of nitrogens with one attached hydrogen (secondary N) is 3. The van der Waals surface area contributed by atoms with Gasteiger partial charge in [0.1, 0.15) is 5.54 Å². The summed E-state index contributed by atoms with van der Waals surface area (Å²) in [5.74, 6) is 0.115. The van der Waals surface area contributed by atoms with E-state index in [1.165, 1.54) is 6.42 Å². The molecule has 6 nitrogen and oxygen atoms in total. The maximum Gasteiger partial charge on any atom is 0.315 e. The van der Waals surface area contributed by atoms with E-state index in [1.807, 2.05) is 35.2 Å². The number of carbonyl (C=O) groups is 2. The number of urea groups is 1. The maximum absolute atomic E-state index is 13.4. The average molecular weight is 370 g/mol. The lowest BCUT2D eigenvalue weighted by molar-refractivity contribution is -0.138. The number of benzene rings is 1. The van der Waals surface area contributed by atoms with Gasteiger partial charge < -0.3 is 20.9 Å². The van der Waals surface area contributed by atoms with Gasteiger partial charge in [-0.15, -0.1) is 0 Å². The molecule has 2 bridgehead atoms. The van der Waals surface area contributed by atoms with Crippen molar-refractivity contribution in [1.82, 2.24) is 20.9 Å². The number of hydrogen-bond donors (Lipinski definition) is 3. The van der Waals surface area contributed by atoms with Gasteiger partial charge in [-0.3, -0.25) is 4.79 Å². The van der Waals surface area contributed by atoms with Gasteiger partial charge in [0.05, 0.1) is 0 Å². The molecule has 3 N–H and O–H groups in total. The Morgan fingerprint density at radius 3 is 2.59 bits per heavy atom. The fraction of sp³-hybridized carbons (Fsp3) is 0.619. The molecule has 2 atom stereocenters. The topological polar surface area (TPSA) is 73.5 Å². The Bertz CT molecular complexity index is 672. The van der Waals surface area contributed by atoms with Crippen LogP contribution in [0, 0.1) is 0 Å². The van der Waals surface area contributed by atoms with E-state index >= 15 is 0 Å². The summed E-state index contributed by atoms with van der Waals surface area (Å²) in [6.45, 7) is 2.03. The fourth-order valence-corrected chi connectivity index (χ4v) is 4.84. The van der Waals surface area contributed by atoms with E-state index in [4.69, 9.17) is 0 Å². The number of amides is 3. The lowest BCUT2D eigenvalue weighted by Gasteiger charge is -2.35. The maximum atomic E-state index is 13.4. The lowest BCUT2D eigenvalue weighted by atomic mass is 9.94. The highest BCUT2D eigenvalue weighted by molar-refractivity contribution is 5.91. The summed E-state index contributed by atoms with van der Waals surface area (Å²) >= 11 is 0. The Labute approximate surface area is 161 Å². The highest BCUT2D eigenvalue weighted by Gasteiger charge is 2.46. The van der Waals surface area contributed by atoms with Crippen molar-refractivity contribution in [3.8, 4) is 0 Å². The van der Waals surface area contributed by atoms with Gasteiger partial charge in [0.2, 0.25) is 5.91 Å². The minimum atomic E-state index is -0.732. The third-order valence-corrected chi connectivity index (χ3v) is 6.33. The van der Waals surface area contributed by atoms with Crippen molar-refractivity contribution in [2.45, 2.75) is 69.1 Å². The van der Waals surface area contributed by atoms with Crippen LogP contribution in [0.3, 0.4) is 0 Å². The molecule has 1 saturated carbocycles. The first kappa shape index (κ1) is 18.3. The predicted molar refractivity (Wildman–Crippen MR) is 104 cm³/mol. The van der Waals surface area contributed by atoms with Crippen molar-refractivity contribution in [1.29, 1.82) is 0 Å². The SMILES string of the molecule is O=C(NCc1ccccc1)NC1(C(=O)N2CCC3CCC(C2)N3)CCCC1. The second-order valence-electron chi connectivity index (χ2n) is 8.26. The molecular formula is C21H30N4O2. The van der Waals surface area contributed by atoms with Crippen molar-refractivity contribution in [2.75, 3.05) is 13.1 Å². The van der Waals surface area contributed by atoms with Crippen LogP contribution in [-0.4, -0.2) is 47.6 Å². The van der Waals surface area contributed by atoms with Crippen molar-refractivity contribution in [3.05, 3.63) is 35.9 Å². The molecule has 6 heteroatoms. The smallest absolute Gasteiger partial charge is 0.315 e. The molecule has 1 aromatic rings. The fourth-order valence-electron chi connectivity index (χ4n) is 4.84. The number of rotatable bonds is 4. The zero-order chi connectivity index (χ0) is 18.7. The van der Waals surface area contributed by atoms with Crippen LogP contribution < -0.4 is 16.0 Å². The van der Waals surface area contributed by atoms with Gasteiger partial charge in [0.15, 0.2) is 0 Å². The summed E-state index contributed by atoms with van der Waals surface area (Å²) in [6, 6.07) is 10.5. The molecule has 0 spiro atoms. The van der Waals surface area contributed by atoms with Crippen molar-refractivity contribution < 1.29 is 9.59 Å². The average Bonchev–Trinajstić information content (AvgIpc) is 3.27. The van der Waals surface area contributed by atoms with Crippen LogP contribution >= 0.6 is 0 Å².